The van der Waals surface area contributed by atoms with Crippen molar-refractivity contribution >= 4 is 52.8 Å². The number of fused-ring (bicyclic) bond motifs is 2. The first-order valence-electron chi connectivity index (χ1n) is 11.6. The first-order valence-corrected chi connectivity index (χ1v) is 15.3. The molecule has 0 radical (unpaired) electrons. The summed E-state index contributed by atoms with van der Waals surface area (Å²) >= 11 is 1.40. The van der Waals surface area contributed by atoms with E-state index in [4.69, 9.17) is 9.26 Å². The van der Waals surface area contributed by atoms with Gasteiger partial charge in [-0.05, 0) is 62.2 Å². The third kappa shape index (κ3) is 4.89. The minimum atomic E-state index is -1.91. The van der Waals surface area contributed by atoms with Crippen molar-refractivity contribution in [1.82, 2.24) is 10.5 Å². The van der Waals surface area contributed by atoms with Gasteiger partial charge in [-0.2, -0.15) is 0 Å². The number of aromatic nitrogens is 1. The molecular weight excluding hydrogens is 462 g/mol. The highest BCUT2D eigenvalue weighted by atomic mass is 32.1. The maximum atomic E-state index is 12.8. The molecule has 4 rings (SSSR count). The van der Waals surface area contributed by atoms with Gasteiger partial charge in [0.25, 0.3) is 0 Å². The second kappa shape index (κ2) is 9.17. The van der Waals surface area contributed by atoms with Crippen LogP contribution in [0, 0.1) is 0 Å². The number of ether oxygens (including phenoxy) is 1. The number of hydrogen-bond acceptors (Lipinski definition) is 7. The molecule has 0 bridgehead atoms. The Morgan fingerprint density at radius 2 is 1.97 bits per heavy atom. The van der Waals surface area contributed by atoms with Gasteiger partial charge in [-0.15, -0.1) is 11.3 Å². The van der Waals surface area contributed by atoms with Crippen molar-refractivity contribution < 1.29 is 14.1 Å². The minimum absolute atomic E-state index is 0.128. The second-order valence-corrected chi connectivity index (χ2v) is 16.2. The Morgan fingerprint density at radius 3 is 2.68 bits per heavy atom. The van der Waals surface area contributed by atoms with Crippen molar-refractivity contribution in [2.75, 3.05) is 5.32 Å². The molecule has 0 saturated carbocycles. The van der Waals surface area contributed by atoms with E-state index in [1.165, 1.54) is 16.9 Å². The molecule has 0 atom stereocenters. The normalized spacial score (nSPS) is 13.7. The first kappa shape index (κ1) is 24.4. The number of carbonyl (C=O) groups is 1. The number of nitrogens with zero attached hydrogens (tertiary/aromatic N) is 1. The van der Waals surface area contributed by atoms with E-state index in [1.54, 1.807) is 12.4 Å². The van der Waals surface area contributed by atoms with Crippen molar-refractivity contribution in [3.63, 3.8) is 0 Å². The van der Waals surface area contributed by atoms with E-state index in [1.807, 2.05) is 26.0 Å². The number of rotatable bonds is 7. The minimum Gasteiger partial charge on any atom is -0.459 e. The molecule has 1 aromatic carbocycles. The van der Waals surface area contributed by atoms with Crippen LogP contribution in [0.5, 0.6) is 0 Å². The van der Waals surface area contributed by atoms with Gasteiger partial charge in [-0.1, -0.05) is 32.9 Å². The molecule has 0 saturated heterocycles. The summed E-state index contributed by atoms with van der Waals surface area (Å²) in [6.45, 7) is 14.8. The molecule has 2 heterocycles. The van der Waals surface area contributed by atoms with E-state index in [9.17, 15) is 4.79 Å². The molecule has 1 aliphatic rings. The van der Waals surface area contributed by atoms with E-state index in [2.05, 4.69) is 67.9 Å². The SMILES string of the molecule is CC(C)OC(=O)c1sc2cnccc2c1Nc1ccc2c(c1)CC=C2NO[Si](C)(C)C(C)(C)C. The number of pyridine rings is 1. The molecule has 0 aliphatic heterocycles. The van der Waals surface area contributed by atoms with Crippen LogP contribution in [0.1, 0.15) is 55.4 Å². The highest BCUT2D eigenvalue weighted by Crippen LogP contribution is 2.39. The van der Waals surface area contributed by atoms with Crippen LogP contribution in [0.15, 0.2) is 42.7 Å². The summed E-state index contributed by atoms with van der Waals surface area (Å²) in [7, 11) is -1.91. The smallest absolute Gasteiger partial charge is 0.350 e. The molecule has 180 valence electrons. The standard InChI is InChI=1S/C26H33N3O3SSi/c1-16(2)31-25(30)24-23(20-12-13-27-15-22(20)33-24)28-18-9-10-19-17(14-18)8-11-21(19)29-32-34(6,7)26(3,4)5/h9-16,28-29H,8H2,1-7H3. The lowest BCUT2D eigenvalue weighted by molar-refractivity contribution is 0.0385. The largest absolute Gasteiger partial charge is 0.459 e. The van der Waals surface area contributed by atoms with Crippen LogP contribution in [0.25, 0.3) is 15.8 Å². The summed E-state index contributed by atoms with van der Waals surface area (Å²) < 4.78 is 12.7. The van der Waals surface area contributed by atoms with Gasteiger partial charge in [0.05, 0.1) is 22.2 Å². The van der Waals surface area contributed by atoms with Gasteiger partial charge in [0.15, 0.2) is 0 Å². The number of anilines is 2. The molecule has 0 unspecified atom stereocenters. The van der Waals surface area contributed by atoms with E-state index in [0.29, 0.717) is 4.88 Å². The van der Waals surface area contributed by atoms with Crippen LogP contribution in [-0.4, -0.2) is 25.4 Å². The van der Waals surface area contributed by atoms with Gasteiger partial charge < -0.3 is 14.6 Å². The maximum Gasteiger partial charge on any atom is 0.350 e. The Hall–Kier alpha value is -2.68. The zero-order chi connectivity index (χ0) is 24.7. The van der Waals surface area contributed by atoms with Crippen LogP contribution in [0.3, 0.4) is 0 Å². The quantitative estimate of drug-likeness (QED) is 0.208. The highest BCUT2D eigenvalue weighted by molar-refractivity contribution is 7.21. The Bertz CT molecular complexity index is 1260. The second-order valence-electron chi connectivity index (χ2n) is 10.4. The predicted octanol–water partition coefficient (Wildman–Crippen LogP) is 7.03. The number of carbonyl (C=O) groups excluding carboxylic acids is 1. The third-order valence-electron chi connectivity index (χ3n) is 6.43. The van der Waals surface area contributed by atoms with Crippen molar-refractivity contribution in [2.45, 2.75) is 65.3 Å². The topological polar surface area (TPSA) is 72.5 Å². The Balaban J connectivity index is 1.57. The zero-order valence-electron chi connectivity index (χ0n) is 20.9. The van der Waals surface area contributed by atoms with E-state index >= 15 is 0 Å². The summed E-state index contributed by atoms with van der Waals surface area (Å²) in [5.74, 6) is -0.323. The van der Waals surface area contributed by atoms with Gasteiger partial charge in [0.2, 0.25) is 8.32 Å². The lowest BCUT2D eigenvalue weighted by Gasteiger charge is -2.35. The fourth-order valence-electron chi connectivity index (χ4n) is 3.49. The molecule has 0 amide bonds. The summed E-state index contributed by atoms with van der Waals surface area (Å²) in [6, 6.07) is 8.19. The van der Waals surface area contributed by atoms with Crippen molar-refractivity contribution in [1.29, 1.82) is 0 Å². The summed E-state index contributed by atoms with van der Waals surface area (Å²) in [4.78, 5) is 17.6. The first-order chi connectivity index (χ1) is 16.0. The zero-order valence-corrected chi connectivity index (χ0v) is 22.7. The van der Waals surface area contributed by atoms with Crippen LogP contribution in [0.2, 0.25) is 18.1 Å². The van der Waals surface area contributed by atoms with E-state index < -0.39 is 8.32 Å². The molecule has 2 N–H and O–H groups in total. The number of allylic oxidation sites excluding steroid dienone is 1. The number of hydroxylamine groups is 1. The number of nitrogens with one attached hydrogen (secondary N) is 2. The van der Waals surface area contributed by atoms with Crippen LogP contribution in [0.4, 0.5) is 11.4 Å². The van der Waals surface area contributed by atoms with Crippen LogP contribution < -0.4 is 10.8 Å². The monoisotopic (exact) mass is 495 g/mol. The lowest BCUT2D eigenvalue weighted by atomic mass is 10.1. The molecule has 2 aromatic heterocycles. The lowest BCUT2D eigenvalue weighted by Crippen LogP contribution is -2.44. The van der Waals surface area contributed by atoms with Gasteiger partial charge in [0, 0.05) is 29.0 Å². The van der Waals surface area contributed by atoms with Crippen LogP contribution >= 0.6 is 11.3 Å². The summed E-state index contributed by atoms with van der Waals surface area (Å²) in [6.07, 6.45) is 6.33. The van der Waals surface area contributed by atoms with E-state index in [0.717, 1.165) is 39.1 Å². The summed E-state index contributed by atoms with van der Waals surface area (Å²) in [5, 5.41) is 4.57. The summed E-state index contributed by atoms with van der Waals surface area (Å²) in [5.41, 5.74) is 8.30. The van der Waals surface area contributed by atoms with Crippen molar-refractivity contribution in [3.05, 3.63) is 58.7 Å². The molecule has 1 aliphatic carbocycles. The number of esters is 1. The molecule has 8 heteroatoms. The number of thiophene rings is 1. The Kier molecular flexibility index (Phi) is 6.59. The fourth-order valence-corrected chi connectivity index (χ4v) is 5.17. The van der Waals surface area contributed by atoms with E-state index in [-0.39, 0.29) is 17.1 Å². The number of hydrogen-bond donors (Lipinski definition) is 2. The van der Waals surface area contributed by atoms with Gasteiger partial charge in [-0.3, -0.25) is 10.5 Å². The molecule has 0 spiro atoms. The average Bonchev–Trinajstić information content (AvgIpc) is 3.32. The van der Waals surface area contributed by atoms with Gasteiger partial charge in [0.1, 0.15) is 4.88 Å². The van der Waals surface area contributed by atoms with Crippen molar-refractivity contribution in [2.24, 2.45) is 0 Å². The van der Waals surface area contributed by atoms with Gasteiger partial charge in [-0.25, -0.2) is 4.79 Å². The highest BCUT2D eigenvalue weighted by Gasteiger charge is 2.38. The molecule has 34 heavy (non-hydrogen) atoms. The predicted molar refractivity (Wildman–Crippen MR) is 143 cm³/mol. The Morgan fingerprint density at radius 1 is 1.21 bits per heavy atom. The van der Waals surface area contributed by atoms with Gasteiger partial charge >= 0.3 is 5.97 Å². The molecule has 0 fully saturated rings. The fraction of sp³-hybridized carbons (Fsp3) is 0.385. The van der Waals surface area contributed by atoms with Crippen LogP contribution in [-0.2, 0) is 15.7 Å². The molecular formula is C26H33N3O3SSi. The average molecular weight is 496 g/mol. The number of benzene rings is 1. The molecule has 3 aromatic rings. The molecule has 6 nitrogen and oxygen atoms in total. The maximum absolute atomic E-state index is 12.8. The Labute approximate surface area is 206 Å². The third-order valence-corrected chi connectivity index (χ3v) is 11.8. The van der Waals surface area contributed by atoms with Crippen molar-refractivity contribution in [3.8, 4) is 0 Å².